The standard InChI is InChI=1S/C15H19N/c1-12-8-9-15(13(2)10-12)16-11-14-6-4-3-5-7-14/h3-6,8-10,14,16H,7,11H2,1-2H3. The molecule has 1 atom stereocenters. The SMILES string of the molecule is Cc1ccc(NCC2C=CC=CC2)c(C)c1. The lowest BCUT2D eigenvalue weighted by Crippen LogP contribution is -2.13. The molecule has 0 bridgehead atoms. The molecule has 0 fully saturated rings. The van der Waals surface area contributed by atoms with Crippen molar-refractivity contribution in [2.24, 2.45) is 5.92 Å². The molecular formula is C15H19N. The van der Waals surface area contributed by atoms with Crippen LogP contribution >= 0.6 is 0 Å². The van der Waals surface area contributed by atoms with E-state index >= 15 is 0 Å². The van der Waals surface area contributed by atoms with Crippen LogP contribution in [-0.4, -0.2) is 6.54 Å². The second-order valence-electron chi connectivity index (χ2n) is 4.51. The van der Waals surface area contributed by atoms with Crippen molar-refractivity contribution in [3.8, 4) is 0 Å². The summed E-state index contributed by atoms with van der Waals surface area (Å²) >= 11 is 0. The minimum Gasteiger partial charge on any atom is -0.384 e. The van der Waals surface area contributed by atoms with Gasteiger partial charge in [0.2, 0.25) is 0 Å². The van der Waals surface area contributed by atoms with Crippen molar-refractivity contribution < 1.29 is 0 Å². The Morgan fingerprint density at radius 1 is 1.25 bits per heavy atom. The minimum atomic E-state index is 0.630. The zero-order valence-corrected chi connectivity index (χ0v) is 10.0. The topological polar surface area (TPSA) is 12.0 Å². The smallest absolute Gasteiger partial charge is 0.0370 e. The van der Waals surface area contributed by atoms with Gasteiger partial charge in [0.05, 0.1) is 0 Å². The average Bonchev–Trinajstić information content (AvgIpc) is 2.29. The summed E-state index contributed by atoms with van der Waals surface area (Å²) in [6.07, 6.45) is 9.91. The van der Waals surface area contributed by atoms with Gasteiger partial charge < -0.3 is 5.32 Å². The Morgan fingerprint density at radius 3 is 2.81 bits per heavy atom. The molecule has 16 heavy (non-hydrogen) atoms. The van der Waals surface area contributed by atoms with Gasteiger partial charge in [0, 0.05) is 12.2 Å². The summed E-state index contributed by atoms with van der Waals surface area (Å²) in [5, 5.41) is 3.52. The minimum absolute atomic E-state index is 0.630. The molecule has 0 aliphatic heterocycles. The van der Waals surface area contributed by atoms with Crippen molar-refractivity contribution in [1.29, 1.82) is 0 Å². The normalized spacial score (nSPS) is 18.8. The second-order valence-corrected chi connectivity index (χ2v) is 4.51. The van der Waals surface area contributed by atoms with E-state index in [0.717, 1.165) is 13.0 Å². The van der Waals surface area contributed by atoms with Crippen LogP contribution in [-0.2, 0) is 0 Å². The zero-order chi connectivity index (χ0) is 11.4. The summed E-state index contributed by atoms with van der Waals surface area (Å²) in [5.41, 5.74) is 3.91. The van der Waals surface area contributed by atoms with Crippen molar-refractivity contribution in [3.63, 3.8) is 0 Å². The summed E-state index contributed by atoms with van der Waals surface area (Å²) in [6, 6.07) is 6.55. The largest absolute Gasteiger partial charge is 0.384 e. The van der Waals surface area contributed by atoms with Gasteiger partial charge in [0.1, 0.15) is 0 Å². The van der Waals surface area contributed by atoms with Crippen LogP contribution in [0.2, 0.25) is 0 Å². The highest BCUT2D eigenvalue weighted by Crippen LogP contribution is 2.18. The Bertz CT molecular complexity index is 415. The van der Waals surface area contributed by atoms with Crippen LogP contribution in [0, 0.1) is 19.8 Å². The average molecular weight is 213 g/mol. The molecule has 0 spiro atoms. The van der Waals surface area contributed by atoms with E-state index in [1.807, 2.05) is 0 Å². The molecule has 0 saturated carbocycles. The molecule has 0 radical (unpaired) electrons. The fraction of sp³-hybridized carbons (Fsp3) is 0.333. The fourth-order valence-corrected chi connectivity index (χ4v) is 2.04. The first-order chi connectivity index (χ1) is 7.75. The Hall–Kier alpha value is -1.50. The first-order valence-corrected chi connectivity index (χ1v) is 5.90. The lowest BCUT2D eigenvalue weighted by molar-refractivity contribution is 0.692. The zero-order valence-electron chi connectivity index (χ0n) is 10.0. The molecule has 1 aromatic rings. The van der Waals surface area contributed by atoms with Gasteiger partial charge in [-0.1, -0.05) is 42.0 Å². The second kappa shape index (κ2) is 5.02. The molecule has 1 unspecified atom stereocenters. The van der Waals surface area contributed by atoms with E-state index < -0.39 is 0 Å². The molecular weight excluding hydrogens is 194 g/mol. The van der Waals surface area contributed by atoms with Crippen molar-refractivity contribution in [2.45, 2.75) is 20.3 Å². The number of benzene rings is 1. The van der Waals surface area contributed by atoms with E-state index in [2.05, 4.69) is 61.7 Å². The van der Waals surface area contributed by atoms with E-state index in [9.17, 15) is 0 Å². The highest BCUT2D eigenvalue weighted by Gasteiger charge is 2.05. The van der Waals surface area contributed by atoms with Crippen molar-refractivity contribution >= 4 is 5.69 Å². The predicted octanol–water partition coefficient (Wildman–Crippen LogP) is 3.85. The van der Waals surface area contributed by atoms with E-state index in [1.165, 1.54) is 16.8 Å². The van der Waals surface area contributed by atoms with E-state index in [0.29, 0.717) is 5.92 Å². The third kappa shape index (κ3) is 2.75. The Kier molecular flexibility index (Phi) is 3.45. The maximum Gasteiger partial charge on any atom is 0.0370 e. The van der Waals surface area contributed by atoms with Gasteiger partial charge in [-0.05, 0) is 37.8 Å². The van der Waals surface area contributed by atoms with Gasteiger partial charge in [-0.3, -0.25) is 0 Å². The van der Waals surface area contributed by atoms with Gasteiger partial charge in [0.15, 0.2) is 0 Å². The van der Waals surface area contributed by atoms with E-state index in [1.54, 1.807) is 0 Å². The molecule has 1 heteroatoms. The molecule has 1 aromatic carbocycles. The molecule has 84 valence electrons. The third-order valence-electron chi connectivity index (χ3n) is 3.01. The maximum atomic E-state index is 3.52. The molecule has 1 nitrogen and oxygen atoms in total. The van der Waals surface area contributed by atoms with Crippen molar-refractivity contribution in [2.75, 3.05) is 11.9 Å². The molecule has 0 saturated heterocycles. The number of nitrogens with one attached hydrogen (secondary N) is 1. The number of anilines is 1. The fourth-order valence-electron chi connectivity index (χ4n) is 2.04. The maximum absolute atomic E-state index is 3.52. The first-order valence-electron chi connectivity index (χ1n) is 5.90. The summed E-state index contributed by atoms with van der Waals surface area (Å²) < 4.78 is 0. The molecule has 0 amide bonds. The quantitative estimate of drug-likeness (QED) is 0.804. The van der Waals surface area contributed by atoms with Crippen LogP contribution in [0.25, 0.3) is 0 Å². The van der Waals surface area contributed by atoms with E-state index in [4.69, 9.17) is 0 Å². The Balaban J connectivity index is 1.94. The van der Waals surface area contributed by atoms with Crippen LogP contribution in [0.15, 0.2) is 42.5 Å². The Labute approximate surface area is 97.9 Å². The highest BCUT2D eigenvalue weighted by molar-refractivity contribution is 5.52. The van der Waals surface area contributed by atoms with Gasteiger partial charge in [0.25, 0.3) is 0 Å². The summed E-state index contributed by atoms with van der Waals surface area (Å²) in [4.78, 5) is 0. The number of hydrogen-bond acceptors (Lipinski definition) is 1. The lowest BCUT2D eigenvalue weighted by atomic mass is 10.0. The van der Waals surface area contributed by atoms with Crippen LogP contribution < -0.4 is 5.32 Å². The first kappa shape index (κ1) is 11.0. The van der Waals surface area contributed by atoms with Gasteiger partial charge in [-0.2, -0.15) is 0 Å². The summed E-state index contributed by atoms with van der Waals surface area (Å²) in [7, 11) is 0. The number of allylic oxidation sites excluding steroid dienone is 3. The molecule has 0 heterocycles. The van der Waals surface area contributed by atoms with Crippen molar-refractivity contribution in [1.82, 2.24) is 0 Å². The van der Waals surface area contributed by atoms with Crippen LogP contribution in [0.1, 0.15) is 17.5 Å². The molecule has 1 aliphatic carbocycles. The van der Waals surface area contributed by atoms with Crippen molar-refractivity contribution in [3.05, 3.63) is 53.6 Å². The lowest BCUT2D eigenvalue weighted by Gasteiger charge is -2.16. The number of rotatable bonds is 3. The van der Waals surface area contributed by atoms with Gasteiger partial charge in [-0.15, -0.1) is 0 Å². The van der Waals surface area contributed by atoms with Crippen LogP contribution in [0.4, 0.5) is 5.69 Å². The van der Waals surface area contributed by atoms with E-state index in [-0.39, 0.29) is 0 Å². The molecule has 0 aromatic heterocycles. The molecule has 1 aliphatic rings. The summed E-state index contributed by atoms with van der Waals surface area (Å²) in [6.45, 7) is 5.31. The summed E-state index contributed by atoms with van der Waals surface area (Å²) in [5.74, 6) is 0.630. The van der Waals surface area contributed by atoms with Gasteiger partial charge >= 0.3 is 0 Å². The number of aryl methyl sites for hydroxylation is 2. The third-order valence-corrected chi connectivity index (χ3v) is 3.01. The highest BCUT2D eigenvalue weighted by atomic mass is 14.9. The predicted molar refractivity (Wildman–Crippen MR) is 70.8 cm³/mol. The molecule has 2 rings (SSSR count). The molecule has 1 N–H and O–H groups in total. The monoisotopic (exact) mass is 213 g/mol. The number of hydrogen-bond donors (Lipinski definition) is 1. The Morgan fingerprint density at radius 2 is 2.12 bits per heavy atom. The van der Waals surface area contributed by atoms with Gasteiger partial charge in [-0.25, -0.2) is 0 Å². The van der Waals surface area contributed by atoms with Crippen LogP contribution in [0.5, 0.6) is 0 Å². The van der Waals surface area contributed by atoms with Crippen LogP contribution in [0.3, 0.4) is 0 Å².